The van der Waals surface area contributed by atoms with Gasteiger partial charge in [-0.3, -0.25) is 9.59 Å². The van der Waals surface area contributed by atoms with Crippen LogP contribution >= 0.6 is 0 Å². The summed E-state index contributed by atoms with van der Waals surface area (Å²) in [5.74, 6) is -0.336. The second-order valence-corrected chi connectivity index (χ2v) is 6.92. The Morgan fingerprint density at radius 1 is 1.31 bits per heavy atom. The topological polar surface area (TPSA) is 93.1 Å². The Morgan fingerprint density at radius 2 is 2.07 bits per heavy atom. The minimum atomic E-state index is -0.840. The number of aliphatic hydroxyl groups is 2. The minimum absolute atomic E-state index is 0.00483. The molecular weight excluding hydrogens is 372 g/mol. The molecule has 6 nitrogen and oxygen atoms in total. The lowest BCUT2D eigenvalue weighted by molar-refractivity contribution is -0.140. The number of methoxy groups -OCH3 is 1. The van der Waals surface area contributed by atoms with Crippen LogP contribution in [0.15, 0.2) is 60.4 Å². The maximum absolute atomic E-state index is 12.2. The standard InChI is InChI=1S/C23H28O6/c1-28-23(27)12-8-3-2-7-11-19-20(22(26)15-21(19)25)14-13-17(24)16-29-18-9-5-4-6-10-18/h3-7,9-10,13-14,17,19-20,22,24,26H,8,11-12,15-16H2,1H3/t2?,17-,19+,20+,22+/m1/s1. The zero-order valence-electron chi connectivity index (χ0n) is 16.6. The molecule has 0 heterocycles. The summed E-state index contributed by atoms with van der Waals surface area (Å²) >= 11 is 0. The number of benzene rings is 1. The van der Waals surface area contributed by atoms with Crippen molar-refractivity contribution in [2.75, 3.05) is 13.7 Å². The Kier molecular flexibility index (Phi) is 9.38. The highest BCUT2D eigenvalue weighted by Gasteiger charge is 2.39. The number of aliphatic hydroxyl groups excluding tert-OH is 2. The summed E-state index contributed by atoms with van der Waals surface area (Å²) in [7, 11) is 1.34. The molecule has 0 aromatic heterocycles. The van der Waals surface area contributed by atoms with E-state index in [0.29, 0.717) is 18.6 Å². The highest BCUT2D eigenvalue weighted by Crippen LogP contribution is 2.33. The van der Waals surface area contributed by atoms with Gasteiger partial charge in [0.25, 0.3) is 0 Å². The number of ketones is 1. The Balaban J connectivity index is 1.86. The van der Waals surface area contributed by atoms with Gasteiger partial charge < -0.3 is 19.7 Å². The van der Waals surface area contributed by atoms with Crippen LogP contribution in [0.5, 0.6) is 5.75 Å². The number of para-hydroxylation sites is 1. The van der Waals surface area contributed by atoms with E-state index in [4.69, 9.17) is 4.74 Å². The number of esters is 1. The van der Waals surface area contributed by atoms with Crippen LogP contribution in [0.1, 0.15) is 25.7 Å². The first-order valence-electron chi connectivity index (χ1n) is 9.72. The highest BCUT2D eigenvalue weighted by atomic mass is 16.5. The second kappa shape index (κ2) is 12.0. The predicted octanol–water partition coefficient (Wildman–Crippen LogP) is 2.60. The molecule has 0 saturated heterocycles. The van der Waals surface area contributed by atoms with Gasteiger partial charge in [-0.05, 0) is 37.1 Å². The van der Waals surface area contributed by atoms with Gasteiger partial charge in [0.15, 0.2) is 0 Å². The number of allylic oxidation sites excluding steroid dienone is 1. The largest absolute Gasteiger partial charge is 0.491 e. The van der Waals surface area contributed by atoms with Crippen LogP contribution in [0.4, 0.5) is 0 Å². The van der Waals surface area contributed by atoms with E-state index in [1.54, 1.807) is 36.4 Å². The van der Waals surface area contributed by atoms with Gasteiger partial charge in [0.2, 0.25) is 0 Å². The molecule has 0 spiro atoms. The summed E-state index contributed by atoms with van der Waals surface area (Å²) in [4.78, 5) is 23.2. The van der Waals surface area contributed by atoms with Crippen LogP contribution in [0.25, 0.3) is 0 Å². The van der Waals surface area contributed by atoms with Gasteiger partial charge in [-0.1, -0.05) is 30.4 Å². The highest BCUT2D eigenvalue weighted by molar-refractivity contribution is 5.84. The quantitative estimate of drug-likeness (QED) is 0.356. The van der Waals surface area contributed by atoms with Crippen molar-refractivity contribution in [2.24, 2.45) is 11.8 Å². The van der Waals surface area contributed by atoms with Crippen LogP contribution in [0, 0.1) is 11.8 Å². The van der Waals surface area contributed by atoms with Gasteiger partial charge in [0, 0.05) is 24.7 Å². The third-order valence-electron chi connectivity index (χ3n) is 4.78. The summed E-state index contributed by atoms with van der Waals surface area (Å²) < 4.78 is 10.1. The number of hydrogen-bond acceptors (Lipinski definition) is 6. The third kappa shape index (κ3) is 7.70. The number of carbonyl (C=O) groups is 2. The van der Waals surface area contributed by atoms with Crippen molar-refractivity contribution in [3.63, 3.8) is 0 Å². The summed E-state index contributed by atoms with van der Waals surface area (Å²) in [6, 6.07) is 9.18. The Labute approximate surface area is 171 Å². The van der Waals surface area contributed by atoms with E-state index in [1.807, 2.05) is 18.2 Å². The molecule has 0 bridgehead atoms. The van der Waals surface area contributed by atoms with Gasteiger partial charge >= 0.3 is 5.97 Å². The Morgan fingerprint density at radius 3 is 2.79 bits per heavy atom. The first-order valence-corrected chi connectivity index (χ1v) is 9.72. The van der Waals surface area contributed by atoms with E-state index >= 15 is 0 Å². The summed E-state index contributed by atoms with van der Waals surface area (Å²) in [6.07, 6.45) is 6.48. The van der Waals surface area contributed by atoms with Crippen molar-refractivity contribution in [1.82, 2.24) is 0 Å². The number of ether oxygens (including phenoxy) is 2. The van der Waals surface area contributed by atoms with Gasteiger partial charge in [0.05, 0.1) is 13.2 Å². The molecule has 1 aromatic carbocycles. The van der Waals surface area contributed by atoms with E-state index in [0.717, 1.165) is 0 Å². The van der Waals surface area contributed by atoms with E-state index in [-0.39, 0.29) is 43.0 Å². The second-order valence-electron chi connectivity index (χ2n) is 6.92. The molecule has 2 N–H and O–H groups in total. The Bertz CT molecular complexity index is 748. The summed E-state index contributed by atoms with van der Waals surface area (Å²) in [6.45, 7) is 0.0881. The van der Waals surface area contributed by atoms with Crippen LogP contribution in [0.3, 0.4) is 0 Å². The maximum atomic E-state index is 12.2. The average molecular weight is 400 g/mol. The van der Waals surface area contributed by atoms with Crippen molar-refractivity contribution in [3.8, 4) is 5.75 Å². The first kappa shape index (κ1) is 22.6. The van der Waals surface area contributed by atoms with Crippen molar-refractivity contribution >= 4 is 11.8 Å². The molecule has 0 unspecified atom stereocenters. The zero-order chi connectivity index (χ0) is 21.1. The van der Waals surface area contributed by atoms with Crippen LogP contribution < -0.4 is 4.74 Å². The lowest BCUT2D eigenvalue weighted by Crippen LogP contribution is -2.20. The van der Waals surface area contributed by atoms with E-state index in [1.165, 1.54) is 7.11 Å². The maximum Gasteiger partial charge on any atom is 0.305 e. The number of rotatable bonds is 10. The molecule has 1 fully saturated rings. The monoisotopic (exact) mass is 400 g/mol. The number of Topliss-reactive ketones (excluding diaryl/α,β-unsaturated/α-hetero) is 1. The Hall–Kier alpha value is -2.66. The van der Waals surface area contributed by atoms with E-state index < -0.39 is 12.2 Å². The van der Waals surface area contributed by atoms with Gasteiger partial charge in [-0.15, -0.1) is 5.73 Å². The molecule has 0 radical (unpaired) electrons. The normalized spacial score (nSPS) is 22.2. The molecule has 1 saturated carbocycles. The molecule has 1 aliphatic rings. The average Bonchev–Trinajstić information content (AvgIpc) is 3.00. The van der Waals surface area contributed by atoms with Crippen LogP contribution in [-0.4, -0.2) is 47.9 Å². The third-order valence-corrected chi connectivity index (χ3v) is 4.78. The van der Waals surface area contributed by atoms with Crippen LogP contribution in [-0.2, 0) is 14.3 Å². The van der Waals surface area contributed by atoms with Crippen molar-refractivity contribution in [1.29, 1.82) is 0 Å². The fraction of sp³-hybridized carbons (Fsp3) is 0.435. The first-order chi connectivity index (χ1) is 14.0. The van der Waals surface area contributed by atoms with E-state index in [2.05, 4.69) is 10.5 Å². The van der Waals surface area contributed by atoms with Crippen molar-refractivity contribution in [3.05, 3.63) is 60.4 Å². The fourth-order valence-electron chi connectivity index (χ4n) is 3.19. The molecule has 6 heteroatoms. The molecule has 0 aliphatic heterocycles. The SMILES string of the molecule is COC(=O)CCC=C=CC[C@@H]1C(=O)C[C@H](O)[C@H]1C=C[C@@H](O)COc1ccccc1. The van der Waals surface area contributed by atoms with Gasteiger partial charge in [-0.25, -0.2) is 0 Å². The lowest BCUT2D eigenvalue weighted by atomic mass is 9.90. The molecule has 156 valence electrons. The predicted molar refractivity (Wildman–Crippen MR) is 108 cm³/mol. The molecular formula is C23H28O6. The van der Waals surface area contributed by atoms with Gasteiger partial charge in [-0.2, -0.15) is 0 Å². The molecule has 4 atom stereocenters. The number of hydrogen-bond donors (Lipinski definition) is 2. The van der Waals surface area contributed by atoms with Crippen molar-refractivity contribution in [2.45, 2.75) is 37.9 Å². The lowest BCUT2D eigenvalue weighted by Gasteiger charge is -2.16. The summed E-state index contributed by atoms with van der Waals surface area (Å²) in [5, 5.41) is 20.3. The molecule has 2 rings (SSSR count). The van der Waals surface area contributed by atoms with Crippen molar-refractivity contribution < 1.29 is 29.3 Å². The molecule has 29 heavy (non-hydrogen) atoms. The number of carbonyl (C=O) groups excluding carboxylic acids is 2. The van der Waals surface area contributed by atoms with Gasteiger partial charge in [0.1, 0.15) is 24.2 Å². The fourth-order valence-corrected chi connectivity index (χ4v) is 3.19. The smallest absolute Gasteiger partial charge is 0.305 e. The van der Waals surface area contributed by atoms with Crippen LogP contribution in [0.2, 0.25) is 0 Å². The van der Waals surface area contributed by atoms with E-state index in [9.17, 15) is 19.8 Å². The molecule has 0 amide bonds. The molecule has 1 aliphatic carbocycles. The summed E-state index contributed by atoms with van der Waals surface area (Å²) in [5.41, 5.74) is 2.97. The zero-order valence-corrected chi connectivity index (χ0v) is 16.6. The minimum Gasteiger partial charge on any atom is -0.491 e. The molecule has 1 aromatic rings.